The number of nitrogens with zero attached hydrogens (tertiary/aromatic N) is 1. The number of furan rings is 1. The Morgan fingerprint density at radius 3 is 1.70 bits per heavy atom. The average molecular weight is 682 g/mol. The van der Waals surface area contributed by atoms with Crippen molar-refractivity contribution in [2.24, 2.45) is 0 Å². The van der Waals surface area contributed by atoms with Crippen molar-refractivity contribution in [1.82, 2.24) is 0 Å². The minimum absolute atomic E-state index is 0.532. The number of benzene rings is 8. The van der Waals surface area contributed by atoms with Crippen molar-refractivity contribution in [2.45, 2.75) is 5.41 Å². The third-order valence-corrected chi connectivity index (χ3v) is 10.8. The van der Waals surface area contributed by atoms with E-state index >= 15 is 0 Å². The SMILES string of the molecule is c1ccc(C2(c3ccccc3)c3ccccc3-c3ccc(N(c4ccc5c(c4)Oc4ccccc4O5)c4ccc5c(c4)oc4ccccc45)cc32)cc1. The van der Waals surface area contributed by atoms with Gasteiger partial charge in [0, 0.05) is 34.3 Å². The van der Waals surface area contributed by atoms with Gasteiger partial charge in [0.25, 0.3) is 0 Å². The summed E-state index contributed by atoms with van der Waals surface area (Å²) in [5.41, 5.74) is 11.5. The molecule has 2 aliphatic rings. The van der Waals surface area contributed by atoms with Crippen molar-refractivity contribution in [2.75, 3.05) is 4.90 Å². The molecule has 0 amide bonds. The molecule has 8 aromatic carbocycles. The van der Waals surface area contributed by atoms with Gasteiger partial charge in [-0.2, -0.15) is 0 Å². The van der Waals surface area contributed by atoms with E-state index in [1.807, 2.05) is 42.5 Å². The summed E-state index contributed by atoms with van der Waals surface area (Å²) in [7, 11) is 0. The largest absolute Gasteiger partial charge is 0.456 e. The van der Waals surface area contributed by atoms with Gasteiger partial charge in [-0.25, -0.2) is 0 Å². The highest BCUT2D eigenvalue weighted by Gasteiger charge is 2.46. The Labute approximate surface area is 306 Å². The lowest BCUT2D eigenvalue weighted by Gasteiger charge is -2.35. The van der Waals surface area contributed by atoms with Crippen LogP contribution >= 0.6 is 0 Å². The van der Waals surface area contributed by atoms with Gasteiger partial charge in [-0.1, -0.05) is 121 Å². The zero-order chi connectivity index (χ0) is 34.9. The molecular formula is C49H31NO3. The molecule has 0 bridgehead atoms. The minimum atomic E-state index is -0.532. The summed E-state index contributed by atoms with van der Waals surface area (Å²) in [6, 6.07) is 66.2. The molecule has 0 atom stereocenters. The molecule has 0 N–H and O–H groups in total. The fourth-order valence-electron chi connectivity index (χ4n) is 8.53. The first-order valence-corrected chi connectivity index (χ1v) is 17.9. The van der Waals surface area contributed by atoms with Gasteiger partial charge in [0.15, 0.2) is 23.0 Å². The van der Waals surface area contributed by atoms with Crippen LogP contribution in [-0.2, 0) is 5.41 Å². The molecule has 11 rings (SSSR count). The summed E-state index contributed by atoms with van der Waals surface area (Å²) in [4.78, 5) is 2.29. The van der Waals surface area contributed by atoms with Crippen molar-refractivity contribution in [1.29, 1.82) is 0 Å². The van der Waals surface area contributed by atoms with E-state index in [0.717, 1.165) is 39.0 Å². The number of hydrogen-bond donors (Lipinski definition) is 0. The third kappa shape index (κ3) is 4.42. The molecule has 0 radical (unpaired) electrons. The fraction of sp³-hybridized carbons (Fsp3) is 0.0204. The Kier molecular flexibility index (Phi) is 6.43. The highest BCUT2D eigenvalue weighted by Crippen LogP contribution is 2.57. The summed E-state index contributed by atoms with van der Waals surface area (Å²) >= 11 is 0. The predicted molar refractivity (Wildman–Crippen MR) is 212 cm³/mol. The molecule has 0 fully saturated rings. The smallest absolute Gasteiger partial charge is 0.172 e. The van der Waals surface area contributed by atoms with Crippen molar-refractivity contribution >= 4 is 39.0 Å². The summed E-state index contributed by atoms with van der Waals surface area (Å²) in [6.45, 7) is 0. The van der Waals surface area contributed by atoms with Crippen LogP contribution in [-0.4, -0.2) is 0 Å². The number of ether oxygens (including phenoxy) is 2. The van der Waals surface area contributed by atoms with Gasteiger partial charge >= 0.3 is 0 Å². The first-order valence-electron chi connectivity index (χ1n) is 17.9. The molecule has 1 aliphatic heterocycles. The van der Waals surface area contributed by atoms with Gasteiger partial charge in [0.2, 0.25) is 0 Å². The molecule has 250 valence electrons. The Balaban J connectivity index is 1.16. The molecule has 0 saturated carbocycles. The monoisotopic (exact) mass is 681 g/mol. The average Bonchev–Trinajstić information content (AvgIpc) is 3.74. The van der Waals surface area contributed by atoms with Crippen molar-refractivity contribution < 1.29 is 13.9 Å². The van der Waals surface area contributed by atoms with Gasteiger partial charge in [-0.3, -0.25) is 0 Å². The first-order chi connectivity index (χ1) is 26.3. The standard InChI is InChI=1S/C49H31NO3/c1-3-13-32(14-4-1)49(33-15-5-2-6-16-33)41-19-9-7-17-37(41)38-26-23-34(29-42(38)49)50(35-24-27-40-39-18-8-10-20-43(39)51-47(40)30-35)36-25-28-46-48(31-36)53-45-22-12-11-21-44(45)52-46/h1-31H. The normalized spacial score (nSPS) is 13.4. The molecule has 9 aromatic rings. The van der Waals surface area contributed by atoms with Crippen LogP contribution in [0.3, 0.4) is 0 Å². The molecule has 4 nitrogen and oxygen atoms in total. The Hall–Kier alpha value is -7.04. The van der Waals surface area contributed by atoms with E-state index in [1.165, 1.54) is 33.4 Å². The van der Waals surface area contributed by atoms with Crippen LogP contribution < -0.4 is 14.4 Å². The van der Waals surface area contributed by atoms with E-state index < -0.39 is 5.41 Å². The molecule has 53 heavy (non-hydrogen) atoms. The fourth-order valence-corrected chi connectivity index (χ4v) is 8.53. The van der Waals surface area contributed by atoms with Crippen molar-refractivity contribution in [3.05, 3.63) is 210 Å². The van der Waals surface area contributed by atoms with E-state index in [1.54, 1.807) is 0 Å². The molecule has 1 aliphatic carbocycles. The third-order valence-electron chi connectivity index (χ3n) is 10.8. The Morgan fingerprint density at radius 2 is 0.906 bits per heavy atom. The van der Waals surface area contributed by atoms with Crippen LogP contribution in [0.25, 0.3) is 33.1 Å². The maximum absolute atomic E-state index is 6.45. The van der Waals surface area contributed by atoms with Crippen LogP contribution in [0.5, 0.6) is 23.0 Å². The number of para-hydroxylation sites is 3. The van der Waals surface area contributed by atoms with Crippen molar-refractivity contribution in [3.63, 3.8) is 0 Å². The van der Waals surface area contributed by atoms with Crippen LogP contribution in [0, 0.1) is 0 Å². The van der Waals surface area contributed by atoms with Gasteiger partial charge in [0.05, 0.1) is 11.1 Å². The molecule has 0 unspecified atom stereocenters. The summed E-state index contributed by atoms with van der Waals surface area (Å²) in [5, 5.41) is 2.18. The lowest BCUT2D eigenvalue weighted by atomic mass is 9.67. The van der Waals surface area contributed by atoms with Gasteiger partial charge < -0.3 is 18.8 Å². The van der Waals surface area contributed by atoms with E-state index in [4.69, 9.17) is 13.9 Å². The van der Waals surface area contributed by atoms with E-state index in [0.29, 0.717) is 23.0 Å². The van der Waals surface area contributed by atoms with Gasteiger partial charge in [-0.05, 0) is 88.0 Å². The second-order valence-electron chi connectivity index (χ2n) is 13.7. The topological polar surface area (TPSA) is 34.8 Å². The molecular weight excluding hydrogens is 651 g/mol. The van der Waals surface area contributed by atoms with Crippen LogP contribution in [0.15, 0.2) is 192 Å². The second-order valence-corrected chi connectivity index (χ2v) is 13.7. The molecule has 0 spiro atoms. The van der Waals surface area contributed by atoms with E-state index in [-0.39, 0.29) is 0 Å². The summed E-state index contributed by atoms with van der Waals surface area (Å²) in [5.74, 6) is 2.73. The van der Waals surface area contributed by atoms with Gasteiger partial charge in [-0.15, -0.1) is 0 Å². The number of fused-ring (bicyclic) bond motifs is 8. The lowest BCUT2D eigenvalue weighted by molar-refractivity contribution is 0.360. The highest BCUT2D eigenvalue weighted by atomic mass is 16.6. The Bertz CT molecular complexity index is 2820. The predicted octanol–water partition coefficient (Wildman–Crippen LogP) is 13.3. The maximum atomic E-state index is 6.45. The van der Waals surface area contributed by atoms with Crippen molar-refractivity contribution in [3.8, 4) is 34.1 Å². The summed E-state index contributed by atoms with van der Waals surface area (Å²) < 4.78 is 19.2. The zero-order valence-corrected chi connectivity index (χ0v) is 28.6. The van der Waals surface area contributed by atoms with E-state index in [2.05, 4.69) is 150 Å². The molecule has 4 heteroatoms. The van der Waals surface area contributed by atoms with Gasteiger partial charge in [0.1, 0.15) is 11.2 Å². The first kappa shape index (κ1) is 29.7. The van der Waals surface area contributed by atoms with Crippen LogP contribution in [0.1, 0.15) is 22.3 Å². The molecule has 1 aromatic heterocycles. The molecule has 0 saturated heterocycles. The number of rotatable bonds is 5. The molecule has 2 heterocycles. The van der Waals surface area contributed by atoms with E-state index in [9.17, 15) is 0 Å². The second kappa shape index (κ2) is 11.5. The minimum Gasteiger partial charge on any atom is -0.456 e. The zero-order valence-electron chi connectivity index (χ0n) is 28.6. The maximum Gasteiger partial charge on any atom is 0.172 e. The van der Waals surface area contributed by atoms with Crippen LogP contribution in [0.4, 0.5) is 17.1 Å². The number of anilines is 3. The van der Waals surface area contributed by atoms with Crippen LogP contribution in [0.2, 0.25) is 0 Å². The number of hydrogen-bond acceptors (Lipinski definition) is 4. The Morgan fingerprint density at radius 1 is 0.358 bits per heavy atom. The quantitative estimate of drug-likeness (QED) is 0.181. The summed E-state index contributed by atoms with van der Waals surface area (Å²) in [6.07, 6.45) is 0. The highest BCUT2D eigenvalue weighted by molar-refractivity contribution is 6.06. The lowest BCUT2D eigenvalue weighted by Crippen LogP contribution is -2.28.